The normalized spacial score (nSPS) is 18.6. The second kappa shape index (κ2) is 7.66. The maximum Gasteiger partial charge on any atom is 0.335 e. The minimum Gasteiger partial charge on any atom is -0.496 e. The van der Waals surface area contributed by atoms with Crippen LogP contribution in [0.3, 0.4) is 0 Å². The SMILES string of the molecule is COc1cc2c(cc1C(=O)N1CCC[C@@H](c3ccc(C(=O)O)cc3)C1)CCC2. The van der Waals surface area contributed by atoms with Crippen molar-refractivity contribution in [1.29, 1.82) is 0 Å². The first-order valence-corrected chi connectivity index (χ1v) is 9.89. The number of carboxylic acids is 1. The van der Waals surface area contributed by atoms with Crippen LogP contribution in [-0.4, -0.2) is 42.1 Å². The minimum atomic E-state index is -0.921. The highest BCUT2D eigenvalue weighted by molar-refractivity contribution is 5.97. The number of rotatable bonds is 4. The summed E-state index contributed by atoms with van der Waals surface area (Å²) in [5, 5.41) is 9.08. The van der Waals surface area contributed by atoms with E-state index in [1.165, 1.54) is 11.1 Å². The van der Waals surface area contributed by atoms with Gasteiger partial charge in [-0.15, -0.1) is 0 Å². The van der Waals surface area contributed by atoms with Crippen LogP contribution < -0.4 is 4.74 Å². The van der Waals surface area contributed by atoms with Gasteiger partial charge < -0.3 is 14.7 Å². The van der Waals surface area contributed by atoms with Crippen LogP contribution in [0, 0.1) is 0 Å². The van der Waals surface area contributed by atoms with Crippen LogP contribution in [0.15, 0.2) is 36.4 Å². The smallest absolute Gasteiger partial charge is 0.335 e. The lowest BCUT2D eigenvalue weighted by atomic mass is 9.89. The van der Waals surface area contributed by atoms with E-state index in [2.05, 4.69) is 0 Å². The highest BCUT2D eigenvalue weighted by Gasteiger charge is 2.28. The molecular weight excluding hydrogens is 354 g/mol. The van der Waals surface area contributed by atoms with E-state index >= 15 is 0 Å². The Labute approximate surface area is 164 Å². The fourth-order valence-corrected chi connectivity index (χ4v) is 4.44. The highest BCUT2D eigenvalue weighted by Crippen LogP contribution is 2.33. The highest BCUT2D eigenvalue weighted by atomic mass is 16.5. The Bertz CT molecular complexity index is 904. The lowest BCUT2D eigenvalue weighted by molar-refractivity contribution is 0.0692. The van der Waals surface area contributed by atoms with Crippen LogP contribution in [0.25, 0.3) is 0 Å². The zero-order valence-corrected chi connectivity index (χ0v) is 16.1. The van der Waals surface area contributed by atoms with E-state index in [9.17, 15) is 9.59 Å². The second-order valence-corrected chi connectivity index (χ2v) is 7.69. The number of hydrogen-bond acceptors (Lipinski definition) is 3. The second-order valence-electron chi connectivity index (χ2n) is 7.69. The lowest BCUT2D eigenvalue weighted by Crippen LogP contribution is -2.39. The first kappa shape index (κ1) is 18.5. The summed E-state index contributed by atoms with van der Waals surface area (Å²) >= 11 is 0. The van der Waals surface area contributed by atoms with Gasteiger partial charge in [0.2, 0.25) is 0 Å². The molecule has 1 heterocycles. The average Bonchev–Trinajstić information content (AvgIpc) is 3.20. The number of carbonyl (C=O) groups is 2. The Morgan fingerprint density at radius 1 is 1.07 bits per heavy atom. The van der Waals surface area contributed by atoms with E-state index in [4.69, 9.17) is 9.84 Å². The number of carboxylic acid groups (broad SMARTS) is 1. The Morgan fingerprint density at radius 2 is 1.79 bits per heavy atom. The summed E-state index contributed by atoms with van der Waals surface area (Å²) in [5.74, 6) is -0.00587. The Hall–Kier alpha value is -2.82. The van der Waals surface area contributed by atoms with Crippen LogP contribution in [0.5, 0.6) is 5.75 Å². The first-order chi connectivity index (χ1) is 13.6. The molecular formula is C23H25NO4. The third-order valence-electron chi connectivity index (χ3n) is 5.98. The standard InChI is InChI=1S/C23H25NO4/c1-28-21-13-18-5-2-4-17(18)12-20(21)22(25)24-11-3-6-19(14-24)15-7-9-16(10-8-15)23(26)27/h7-10,12-13,19H,2-6,11,14H2,1H3,(H,26,27)/t19-/m1/s1. The fourth-order valence-electron chi connectivity index (χ4n) is 4.44. The molecule has 0 spiro atoms. The van der Waals surface area contributed by atoms with Crippen molar-refractivity contribution in [2.75, 3.05) is 20.2 Å². The van der Waals surface area contributed by atoms with E-state index in [0.29, 0.717) is 17.9 Å². The molecule has 1 fully saturated rings. The van der Waals surface area contributed by atoms with E-state index in [1.807, 2.05) is 29.2 Å². The Morgan fingerprint density at radius 3 is 2.46 bits per heavy atom. The first-order valence-electron chi connectivity index (χ1n) is 9.89. The van der Waals surface area contributed by atoms with Crippen molar-refractivity contribution in [3.8, 4) is 5.75 Å². The van der Waals surface area contributed by atoms with Crippen molar-refractivity contribution in [2.24, 2.45) is 0 Å². The number of amides is 1. The molecule has 1 atom stereocenters. The topological polar surface area (TPSA) is 66.8 Å². The molecule has 0 bridgehead atoms. The van der Waals surface area contributed by atoms with E-state index in [1.54, 1.807) is 19.2 Å². The van der Waals surface area contributed by atoms with Gasteiger partial charge in [-0.2, -0.15) is 0 Å². The molecule has 0 saturated carbocycles. The number of likely N-dealkylation sites (tertiary alicyclic amines) is 1. The van der Waals surface area contributed by atoms with Crippen molar-refractivity contribution < 1.29 is 19.4 Å². The molecule has 2 aliphatic rings. The largest absolute Gasteiger partial charge is 0.496 e. The molecule has 0 unspecified atom stereocenters. The molecule has 2 aromatic rings. The summed E-state index contributed by atoms with van der Waals surface area (Å²) in [6, 6.07) is 11.1. The maximum atomic E-state index is 13.3. The van der Waals surface area contributed by atoms with Gasteiger partial charge in [0, 0.05) is 19.0 Å². The predicted molar refractivity (Wildman–Crippen MR) is 106 cm³/mol. The monoisotopic (exact) mass is 379 g/mol. The molecule has 1 N–H and O–H groups in total. The Kier molecular flexibility index (Phi) is 5.07. The van der Waals surface area contributed by atoms with E-state index in [-0.39, 0.29) is 17.4 Å². The summed E-state index contributed by atoms with van der Waals surface area (Å²) in [6.45, 7) is 1.38. The zero-order chi connectivity index (χ0) is 19.7. The molecule has 1 saturated heterocycles. The third kappa shape index (κ3) is 3.49. The van der Waals surface area contributed by atoms with Crippen molar-refractivity contribution >= 4 is 11.9 Å². The molecule has 1 aliphatic carbocycles. The van der Waals surface area contributed by atoms with Gasteiger partial charge in [0.1, 0.15) is 5.75 Å². The number of benzene rings is 2. The summed E-state index contributed by atoms with van der Waals surface area (Å²) in [7, 11) is 1.62. The van der Waals surface area contributed by atoms with Gasteiger partial charge in [-0.05, 0) is 73.1 Å². The van der Waals surface area contributed by atoms with Crippen LogP contribution in [0.1, 0.15) is 62.6 Å². The number of piperidine rings is 1. The van der Waals surface area contributed by atoms with Gasteiger partial charge in [0.05, 0.1) is 18.2 Å². The van der Waals surface area contributed by atoms with Gasteiger partial charge in [0.25, 0.3) is 5.91 Å². The maximum absolute atomic E-state index is 13.3. The molecule has 4 rings (SSSR count). The summed E-state index contributed by atoms with van der Waals surface area (Å²) < 4.78 is 5.53. The van der Waals surface area contributed by atoms with Crippen LogP contribution in [0.4, 0.5) is 0 Å². The number of nitrogens with zero attached hydrogens (tertiary/aromatic N) is 1. The van der Waals surface area contributed by atoms with Gasteiger partial charge in [0.15, 0.2) is 0 Å². The number of hydrogen-bond donors (Lipinski definition) is 1. The number of aromatic carboxylic acids is 1. The van der Waals surface area contributed by atoms with E-state index in [0.717, 1.165) is 44.2 Å². The molecule has 2 aromatic carbocycles. The third-order valence-corrected chi connectivity index (χ3v) is 5.98. The van der Waals surface area contributed by atoms with Crippen molar-refractivity contribution in [1.82, 2.24) is 4.90 Å². The number of ether oxygens (including phenoxy) is 1. The van der Waals surface area contributed by atoms with Gasteiger partial charge in [-0.25, -0.2) is 4.79 Å². The molecule has 5 nitrogen and oxygen atoms in total. The molecule has 146 valence electrons. The summed E-state index contributed by atoms with van der Waals surface area (Å²) in [6.07, 6.45) is 5.15. The zero-order valence-electron chi connectivity index (χ0n) is 16.1. The molecule has 1 amide bonds. The lowest BCUT2D eigenvalue weighted by Gasteiger charge is -2.33. The summed E-state index contributed by atoms with van der Waals surface area (Å²) in [5.41, 5.74) is 4.59. The predicted octanol–water partition coefficient (Wildman–Crippen LogP) is 3.90. The molecule has 5 heteroatoms. The number of carbonyl (C=O) groups excluding carboxylic acids is 1. The van der Waals surface area contributed by atoms with E-state index < -0.39 is 5.97 Å². The van der Waals surface area contributed by atoms with Crippen molar-refractivity contribution in [3.63, 3.8) is 0 Å². The molecule has 0 radical (unpaired) electrons. The van der Waals surface area contributed by atoms with Crippen LogP contribution in [0.2, 0.25) is 0 Å². The van der Waals surface area contributed by atoms with Gasteiger partial charge >= 0.3 is 5.97 Å². The average molecular weight is 379 g/mol. The molecule has 1 aliphatic heterocycles. The van der Waals surface area contributed by atoms with Crippen LogP contribution >= 0.6 is 0 Å². The van der Waals surface area contributed by atoms with Crippen LogP contribution in [-0.2, 0) is 12.8 Å². The summed E-state index contributed by atoms with van der Waals surface area (Å²) in [4.78, 5) is 26.2. The van der Waals surface area contributed by atoms with Gasteiger partial charge in [-0.1, -0.05) is 12.1 Å². The fraction of sp³-hybridized carbons (Fsp3) is 0.391. The molecule has 0 aromatic heterocycles. The quantitative estimate of drug-likeness (QED) is 0.875. The minimum absolute atomic E-state index is 0.0263. The number of methoxy groups -OCH3 is 1. The Balaban J connectivity index is 1.55. The van der Waals surface area contributed by atoms with Gasteiger partial charge in [-0.3, -0.25) is 4.79 Å². The molecule has 28 heavy (non-hydrogen) atoms. The van der Waals surface area contributed by atoms with Crippen molar-refractivity contribution in [3.05, 3.63) is 64.2 Å². The number of aryl methyl sites for hydroxylation is 2. The van der Waals surface area contributed by atoms with Crippen molar-refractivity contribution in [2.45, 2.75) is 38.0 Å². The number of fused-ring (bicyclic) bond motifs is 1.